The monoisotopic (exact) mass is 1350 g/mol. The summed E-state index contributed by atoms with van der Waals surface area (Å²) >= 11 is -4.18. The third kappa shape index (κ3) is 13.2. The summed E-state index contributed by atoms with van der Waals surface area (Å²) in [6.07, 6.45) is 0. The Kier molecular flexibility index (Phi) is 18.2. The predicted octanol–water partition coefficient (Wildman–Crippen LogP) is 23.6. The molecule has 4 nitrogen and oxygen atoms in total. The van der Waals surface area contributed by atoms with Crippen molar-refractivity contribution in [2.75, 3.05) is 19.6 Å². The normalized spacial score (nSPS) is 11.2. The van der Waals surface area contributed by atoms with Crippen molar-refractivity contribution < 1.29 is 0 Å². The fraction of sp³-hybridized carbons (Fsp3) is 0. The number of hydrogen-bond acceptors (Lipinski definition) is 4. The van der Waals surface area contributed by atoms with Gasteiger partial charge in [-0.25, -0.2) is 0 Å². The van der Waals surface area contributed by atoms with Gasteiger partial charge in [-0.05, 0) is 0 Å². The molecule has 0 aliphatic heterocycles. The Morgan fingerprint density at radius 3 is 0.406 bits per heavy atom. The van der Waals surface area contributed by atoms with Gasteiger partial charge in [0.2, 0.25) is 0 Å². The summed E-state index contributed by atoms with van der Waals surface area (Å²) in [5.41, 5.74) is 22.4. The molecule has 0 saturated carbocycles. The molecular formula is C96H72GeN4. The van der Waals surface area contributed by atoms with Crippen LogP contribution < -0.4 is 37.2 Å². The predicted molar refractivity (Wildman–Crippen MR) is 431 cm³/mol. The van der Waals surface area contributed by atoms with Gasteiger partial charge in [-0.1, -0.05) is 36.4 Å². The minimum absolute atomic E-state index is 1.07. The van der Waals surface area contributed by atoms with Crippen molar-refractivity contribution in [1.29, 1.82) is 0 Å². The van der Waals surface area contributed by atoms with E-state index < -0.39 is 13.3 Å². The Labute approximate surface area is 595 Å². The summed E-state index contributed by atoms with van der Waals surface area (Å²) in [5, 5.41) is 0. The molecule has 16 aromatic carbocycles. The molecule has 0 atom stereocenters. The van der Waals surface area contributed by atoms with Gasteiger partial charge in [0, 0.05) is 0 Å². The van der Waals surface area contributed by atoms with Crippen LogP contribution in [0.25, 0.3) is 44.5 Å². The molecule has 0 aliphatic rings. The van der Waals surface area contributed by atoms with Gasteiger partial charge in [-0.3, -0.25) is 0 Å². The van der Waals surface area contributed by atoms with Crippen LogP contribution in [-0.4, -0.2) is 13.3 Å². The zero-order valence-corrected chi connectivity index (χ0v) is 58.0. The van der Waals surface area contributed by atoms with E-state index >= 15 is 0 Å². The zero-order chi connectivity index (χ0) is 67.6. The molecule has 0 unspecified atom stereocenters. The van der Waals surface area contributed by atoms with E-state index in [1.54, 1.807) is 0 Å². The second kappa shape index (κ2) is 29.1. The van der Waals surface area contributed by atoms with E-state index in [0.717, 1.165) is 90.5 Å². The summed E-state index contributed by atoms with van der Waals surface area (Å²) < 4.78 is 5.25. The molecule has 16 rings (SSSR count). The van der Waals surface area contributed by atoms with Crippen LogP contribution >= 0.6 is 0 Å². The summed E-state index contributed by atoms with van der Waals surface area (Å²) in [6, 6.07) is 160. The van der Waals surface area contributed by atoms with E-state index in [-0.39, 0.29) is 0 Å². The first-order valence-corrected chi connectivity index (χ1v) is 38.7. The molecule has 5 heteroatoms. The van der Waals surface area contributed by atoms with Crippen LogP contribution in [0, 0.1) is 0 Å². The van der Waals surface area contributed by atoms with Crippen molar-refractivity contribution >= 4 is 99.1 Å². The number of anilines is 12. The van der Waals surface area contributed by atoms with E-state index in [1.165, 1.54) is 39.8 Å². The molecule has 0 amide bonds. The SMILES string of the molecule is c1ccc(-c2ccc(N(c3ccccc3)c3cc[c]([Ge]([c]4ccc(-c5ccc(N(c6ccccc6)c6ccccc6)cc5)cc4)([c]4ccc(-c5ccc(N(c6ccccc6)c6ccccc6)cc5)cc4)[c]4ccc(N(c5ccccc5)c5ccc(-c6ccccc6)cc5)cc4)cc3)cc2)cc1. The van der Waals surface area contributed by atoms with Gasteiger partial charge in [0.25, 0.3) is 0 Å². The van der Waals surface area contributed by atoms with Gasteiger partial charge in [0.1, 0.15) is 0 Å². The maximum absolute atomic E-state index is 4.18. The van der Waals surface area contributed by atoms with E-state index in [4.69, 9.17) is 0 Å². The van der Waals surface area contributed by atoms with Gasteiger partial charge in [-0.2, -0.15) is 0 Å². The van der Waals surface area contributed by atoms with E-state index in [9.17, 15) is 0 Å². The molecule has 16 aromatic rings. The van der Waals surface area contributed by atoms with Gasteiger partial charge < -0.3 is 0 Å². The van der Waals surface area contributed by atoms with Crippen molar-refractivity contribution in [3.05, 3.63) is 437 Å². The van der Waals surface area contributed by atoms with Gasteiger partial charge in [0.05, 0.1) is 0 Å². The molecule has 101 heavy (non-hydrogen) atoms. The van der Waals surface area contributed by atoms with Crippen molar-refractivity contribution in [3.8, 4) is 44.5 Å². The fourth-order valence-corrected chi connectivity index (χ4v) is 24.1. The number of hydrogen-bond donors (Lipinski definition) is 0. The Morgan fingerprint density at radius 2 is 0.228 bits per heavy atom. The van der Waals surface area contributed by atoms with Crippen LogP contribution in [0.3, 0.4) is 0 Å². The Morgan fingerprint density at radius 1 is 0.109 bits per heavy atom. The number of benzene rings is 16. The molecule has 0 spiro atoms. The molecule has 0 aliphatic carbocycles. The molecule has 0 saturated heterocycles. The Bertz CT molecular complexity index is 4870. The van der Waals surface area contributed by atoms with Gasteiger partial charge in [-0.15, -0.1) is 0 Å². The molecule has 0 N–H and O–H groups in total. The topological polar surface area (TPSA) is 13.0 Å². The van der Waals surface area contributed by atoms with Crippen LogP contribution in [-0.2, 0) is 0 Å². The zero-order valence-electron chi connectivity index (χ0n) is 55.9. The molecular weight excluding hydrogens is 1280 g/mol. The van der Waals surface area contributed by atoms with Crippen LogP contribution in [0.2, 0.25) is 0 Å². The Balaban J connectivity index is 0.849. The molecule has 0 fully saturated rings. The second-order valence-electron chi connectivity index (χ2n) is 25.3. The molecule has 480 valence electrons. The number of rotatable bonds is 20. The first kappa shape index (κ1) is 63.0. The second-order valence-corrected chi connectivity index (χ2v) is 33.3. The molecule has 0 aromatic heterocycles. The summed E-state index contributed by atoms with van der Waals surface area (Å²) in [5.74, 6) is 0. The van der Waals surface area contributed by atoms with E-state index in [1.807, 2.05) is 0 Å². The number of nitrogens with zero attached hydrogens (tertiary/aromatic N) is 4. The van der Waals surface area contributed by atoms with Crippen LogP contribution in [0.15, 0.2) is 437 Å². The van der Waals surface area contributed by atoms with Crippen LogP contribution in [0.1, 0.15) is 0 Å². The molecule has 0 heterocycles. The molecule has 0 radical (unpaired) electrons. The Hall–Kier alpha value is -12.7. The van der Waals surface area contributed by atoms with Gasteiger partial charge >= 0.3 is 564 Å². The van der Waals surface area contributed by atoms with E-state index in [2.05, 4.69) is 456 Å². The summed E-state index contributed by atoms with van der Waals surface area (Å²) in [7, 11) is 0. The maximum atomic E-state index is 2.44. The van der Waals surface area contributed by atoms with Gasteiger partial charge in [0.15, 0.2) is 0 Å². The van der Waals surface area contributed by atoms with Crippen LogP contribution in [0.4, 0.5) is 68.2 Å². The third-order valence-electron chi connectivity index (χ3n) is 19.2. The number of para-hydroxylation sites is 6. The minimum atomic E-state index is -4.18. The van der Waals surface area contributed by atoms with E-state index in [0.29, 0.717) is 0 Å². The first-order valence-electron chi connectivity index (χ1n) is 34.5. The standard InChI is InChI=1S/C96H72GeN4/c1-9-25-73(26-10-1)77-45-61-93(62-46-77)100(89-37-21-7-22-38-89)95-69-57-83(58-70-95)97(81-53-41-75(42-54-81)79-49-65-91(66-50-79)98(85-29-13-3-14-30-85)86-31-15-4-16-32-86,82-55-43-76(44-56-82)80-51-67-92(68-52-80)99(87-33-17-5-18-34-87)88-35-19-6-20-36-88)84-59-71-96(72-60-84)101(90-39-23-8-24-40-90)94-63-47-78(48-64-94)74-27-11-2-12-28-74/h1-72H. The van der Waals surface area contributed by atoms with Crippen molar-refractivity contribution in [3.63, 3.8) is 0 Å². The van der Waals surface area contributed by atoms with Crippen molar-refractivity contribution in [2.24, 2.45) is 0 Å². The summed E-state index contributed by atoms with van der Waals surface area (Å²) in [6.45, 7) is 0. The first-order chi connectivity index (χ1) is 50.1. The average molecular weight is 1350 g/mol. The quantitative estimate of drug-likeness (QED) is 0.0705. The summed E-state index contributed by atoms with van der Waals surface area (Å²) in [4.78, 5) is 9.40. The van der Waals surface area contributed by atoms with Crippen LogP contribution in [0.5, 0.6) is 0 Å². The fourth-order valence-electron chi connectivity index (χ4n) is 14.3. The third-order valence-corrected chi connectivity index (χ3v) is 29.3. The van der Waals surface area contributed by atoms with Crippen molar-refractivity contribution in [1.82, 2.24) is 0 Å². The molecule has 0 bridgehead atoms. The van der Waals surface area contributed by atoms with Crippen molar-refractivity contribution in [2.45, 2.75) is 0 Å². The average Bonchev–Trinajstić information content (AvgIpc) is 0.728.